The molecule has 0 saturated heterocycles. The zero-order valence-corrected chi connectivity index (χ0v) is 15.3. The number of hydrogen-bond donors (Lipinski definition) is 2. The van der Waals surface area contributed by atoms with Crippen molar-refractivity contribution in [3.8, 4) is 5.75 Å². The molecule has 1 aliphatic rings. The summed E-state index contributed by atoms with van der Waals surface area (Å²) in [5.41, 5.74) is 3.13. The van der Waals surface area contributed by atoms with Gasteiger partial charge in [0.05, 0.1) is 12.8 Å². The largest absolute Gasteiger partial charge is 0.495 e. The van der Waals surface area contributed by atoms with Gasteiger partial charge in [-0.2, -0.15) is 0 Å². The van der Waals surface area contributed by atoms with Gasteiger partial charge in [0.25, 0.3) is 0 Å². The van der Waals surface area contributed by atoms with Crippen LogP contribution in [0.15, 0.2) is 23.8 Å². The molecule has 24 heavy (non-hydrogen) atoms. The standard InChI is InChI=1S/C19H27ClN2O2/c1-14-12-17(18(24-2)13-16(14)20)22-19(23)9-11-21-10-8-15-6-4-3-5-7-15/h6,12-13,21H,3-5,7-11H2,1-2H3,(H,22,23). The smallest absolute Gasteiger partial charge is 0.225 e. The van der Waals surface area contributed by atoms with Gasteiger partial charge < -0.3 is 15.4 Å². The molecule has 0 heterocycles. The molecule has 2 N–H and O–H groups in total. The van der Waals surface area contributed by atoms with Gasteiger partial charge in [0.15, 0.2) is 0 Å². The normalized spacial score (nSPS) is 14.2. The minimum atomic E-state index is -0.0283. The Morgan fingerprint density at radius 1 is 1.29 bits per heavy atom. The first kappa shape index (κ1) is 18.8. The Kier molecular flexibility index (Phi) is 7.60. The van der Waals surface area contributed by atoms with Gasteiger partial charge in [-0.1, -0.05) is 23.3 Å². The maximum absolute atomic E-state index is 12.1. The summed E-state index contributed by atoms with van der Waals surface area (Å²) in [6, 6.07) is 3.56. The molecular formula is C19H27ClN2O2. The van der Waals surface area contributed by atoms with Crippen LogP contribution in [0.5, 0.6) is 5.75 Å². The second kappa shape index (κ2) is 9.70. The van der Waals surface area contributed by atoms with Crippen molar-refractivity contribution in [2.45, 2.75) is 45.4 Å². The molecule has 0 radical (unpaired) electrons. The van der Waals surface area contributed by atoms with Crippen molar-refractivity contribution in [3.63, 3.8) is 0 Å². The van der Waals surface area contributed by atoms with E-state index >= 15 is 0 Å². The first-order valence-electron chi connectivity index (χ1n) is 8.62. The highest BCUT2D eigenvalue weighted by Gasteiger charge is 2.10. The number of aryl methyl sites for hydroxylation is 1. The van der Waals surface area contributed by atoms with Gasteiger partial charge in [-0.15, -0.1) is 0 Å². The fraction of sp³-hybridized carbons (Fsp3) is 0.526. The van der Waals surface area contributed by atoms with Crippen LogP contribution in [0.4, 0.5) is 5.69 Å². The SMILES string of the molecule is COc1cc(Cl)c(C)cc1NC(=O)CCNCCC1=CCCCC1. The van der Waals surface area contributed by atoms with Crippen LogP contribution in [-0.4, -0.2) is 26.1 Å². The van der Waals surface area contributed by atoms with Gasteiger partial charge in [-0.25, -0.2) is 0 Å². The van der Waals surface area contributed by atoms with Crippen LogP contribution in [0.3, 0.4) is 0 Å². The Bertz CT molecular complexity index is 599. The van der Waals surface area contributed by atoms with Crippen molar-refractivity contribution in [2.24, 2.45) is 0 Å². The minimum Gasteiger partial charge on any atom is -0.495 e. The zero-order valence-electron chi connectivity index (χ0n) is 14.6. The first-order chi connectivity index (χ1) is 11.6. The fourth-order valence-electron chi connectivity index (χ4n) is 2.85. The van der Waals surface area contributed by atoms with Crippen LogP contribution >= 0.6 is 11.6 Å². The lowest BCUT2D eigenvalue weighted by Crippen LogP contribution is -2.23. The number of ether oxygens (including phenoxy) is 1. The van der Waals surface area contributed by atoms with Crippen LogP contribution in [0, 0.1) is 6.92 Å². The molecule has 0 spiro atoms. The van der Waals surface area contributed by atoms with Crippen molar-refractivity contribution in [2.75, 3.05) is 25.5 Å². The summed E-state index contributed by atoms with van der Waals surface area (Å²) in [5, 5.41) is 6.87. The molecule has 1 aliphatic carbocycles. The van der Waals surface area contributed by atoms with Gasteiger partial charge in [0, 0.05) is 24.1 Å². The molecule has 1 amide bonds. The van der Waals surface area contributed by atoms with Gasteiger partial charge in [-0.3, -0.25) is 4.79 Å². The number of rotatable bonds is 8. The number of allylic oxidation sites excluding steroid dienone is 1. The molecule has 1 aromatic rings. The van der Waals surface area contributed by atoms with Gasteiger partial charge in [0.2, 0.25) is 5.91 Å². The number of anilines is 1. The lowest BCUT2D eigenvalue weighted by Gasteiger charge is -2.14. The summed E-state index contributed by atoms with van der Waals surface area (Å²) >= 11 is 6.08. The highest BCUT2D eigenvalue weighted by atomic mass is 35.5. The van der Waals surface area contributed by atoms with E-state index in [1.165, 1.54) is 25.7 Å². The predicted octanol–water partition coefficient (Wildman–Crippen LogP) is 4.47. The average molecular weight is 351 g/mol. The lowest BCUT2D eigenvalue weighted by atomic mass is 9.97. The minimum absolute atomic E-state index is 0.0283. The Hall–Kier alpha value is -1.52. The van der Waals surface area contributed by atoms with E-state index in [1.807, 2.05) is 13.0 Å². The number of halogens is 1. The first-order valence-corrected chi connectivity index (χ1v) is 9.00. The Morgan fingerprint density at radius 2 is 2.12 bits per heavy atom. The predicted molar refractivity (Wildman–Crippen MR) is 100 cm³/mol. The zero-order chi connectivity index (χ0) is 17.4. The van der Waals surface area contributed by atoms with E-state index in [9.17, 15) is 4.79 Å². The lowest BCUT2D eigenvalue weighted by molar-refractivity contribution is -0.116. The number of nitrogens with one attached hydrogen (secondary N) is 2. The third-order valence-corrected chi connectivity index (χ3v) is 4.70. The number of methoxy groups -OCH3 is 1. The van der Waals surface area contributed by atoms with E-state index in [2.05, 4.69) is 16.7 Å². The summed E-state index contributed by atoms with van der Waals surface area (Å²) in [7, 11) is 1.57. The van der Waals surface area contributed by atoms with Crippen LogP contribution < -0.4 is 15.4 Å². The second-order valence-electron chi connectivity index (χ2n) is 6.21. The van der Waals surface area contributed by atoms with Crippen LogP contribution in [0.25, 0.3) is 0 Å². The quantitative estimate of drug-likeness (QED) is 0.537. The topological polar surface area (TPSA) is 50.4 Å². The van der Waals surface area contributed by atoms with Gasteiger partial charge in [-0.05, 0) is 57.2 Å². The Balaban J connectivity index is 1.71. The molecule has 0 aliphatic heterocycles. The molecule has 1 aromatic carbocycles. The monoisotopic (exact) mass is 350 g/mol. The highest BCUT2D eigenvalue weighted by Crippen LogP contribution is 2.30. The molecular weight excluding hydrogens is 324 g/mol. The van der Waals surface area contributed by atoms with E-state index in [0.29, 0.717) is 29.4 Å². The van der Waals surface area contributed by atoms with E-state index in [0.717, 1.165) is 18.5 Å². The molecule has 0 unspecified atom stereocenters. The van der Waals surface area contributed by atoms with Crippen molar-refractivity contribution >= 4 is 23.2 Å². The van der Waals surface area contributed by atoms with Crippen molar-refractivity contribution in [1.29, 1.82) is 0 Å². The van der Waals surface area contributed by atoms with Crippen molar-refractivity contribution < 1.29 is 9.53 Å². The summed E-state index contributed by atoms with van der Waals surface area (Å²) in [6.07, 6.45) is 8.99. The molecule has 0 aromatic heterocycles. The van der Waals surface area contributed by atoms with E-state index < -0.39 is 0 Å². The Labute approximate surface area is 149 Å². The maximum atomic E-state index is 12.1. The summed E-state index contributed by atoms with van der Waals surface area (Å²) in [4.78, 5) is 12.1. The molecule has 4 nitrogen and oxygen atoms in total. The number of carbonyl (C=O) groups excluding carboxylic acids is 1. The van der Waals surface area contributed by atoms with E-state index in [4.69, 9.17) is 16.3 Å². The summed E-state index contributed by atoms with van der Waals surface area (Å²) in [6.45, 7) is 3.51. The van der Waals surface area contributed by atoms with Gasteiger partial charge >= 0.3 is 0 Å². The maximum Gasteiger partial charge on any atom is 0.225 e. The Morgan fingerprint density at radius 3 is 2.83 bits per heavy atom. The number of amides is 1. The number of hydrogen-bond acceptors (Lipinski definition) is 3. The van der Waals surface area contributed by atoms with Crippen molar-refractivity contribution in [3.05, 3.63) is 34.4 Å². The molecule has 0 bridgehead atoms. The third-order valence-electron chi connectivity index (χ3n) is 4.29. The molecule has 132 valence electrons. The number of benzene rings is 1. The number of carbonyl (C=O) groups is 1. The molecule has 0 fully saturated rings. The summed E-state index contributed by atoms with van der Waals surface area (Å²) < 4.78 is 5.27. The molecule has 0 saturated carbocycles. The molecule has 0 atom stereocenters. The average Bonchev–Trinajstić information content (AvgIpc) is 2.58. The van der Waals surface area contributed by atoms with Crippen LogP contribution in [0.2, 0.25) is 5.02 Å². The highest BCUT2D eigenvalue weighted by molar-refractivity contribution is 6.31. The van der Waals surface area contributed by atoms with Crippen LogP contribution in [0.1, 0.15) is 44.1 Å². The van der Waals surface area contributed by atoms with E-state index in [1.54, 1.807) is 18.7 Å². The molecule has 5 heteroatoms. The summed E-state index contributed by atoms with van der Waals surface area (Å²) in [5.74, 6) is 0.551. The van der Waals surface area contributed by atoms with Gasteiger partial charge in [0.1, 0.15) is 5.75 Å². The third kappa shape index (κ3) is 5.84. The van der Waals surface area contributed by atoms with E-state index in [-0.39, 0.29) is 5.91 Å². The molecule has 2 rings (SSSR count). The second-order valence-corrected chi connectivity index (χ2v) is 6.62. The fourth-order valence-corrected chi connectivity index (χ4v) is 3.00. The van der Waals surface area contributed by atoms with Crippen LogP contribution in [-0.2, 0) is 4.79 Å². The van der Waals surface area contributed by atoms with Crippen molar-refractivity contribution in [1.82, 2.24) is 5.32 Å².